The SMILES string of the molecule is CNC(=O)[C@H](C)N(Cc1cccc(Br)c1)C(=O)CN(c1ccc(Cl)cc1)S(C)(=O)=O. The van der Waals surface area contributed by atoms with E-state index in [1.165, 1.54) is 24.1 Å². The lowest BCUT2D eigenvalue weighted by molar-refractivity contribution is -0.139. The molecule has 0 fully saturated rings. The molecule has 0 aromatic heterocycles. The molecule has 0 bridgehead atoms. The molecule has 2 amide bonds. The summed E-state index contributed by atoms with van der Waals surface area (Å²) in [5.74, 6) is -0.859. The maximum absolute atomic E-state index is 13.2. The molecule has 2 rings (SSSR count). The van der Waals surface area contributed by atoms with Crippen molar-refractivity contribution in [2.24, 2.45) is 0 Å². The van der Waals surface area contributed by atoms with Crippen molar-refractivity contribution in [1.29, 1.82) is 0 Å². The van der Waals surface area contributed by atoms with Crippen LogP contribution in [0.15, 0.2) is 53.0 Å². The first-order chi connectivity index (χ1) is 14.0. The molecule has 0 radical (unpaired) electrons. The number of sulfonamides is 1. The van der Waals surface area contributed by atoms with Crippen LogP contribution in [0.3, 0.4) is 0 Å². The van der Waals surface area contributed by atoms with E-state index < -0.39 is 28.5 Å². The average Bonchev–Trinajstić information content (AvgIpc) is 2.69. The molecule has 0 saturated heterocycles. The van der Waals surface area contributed by atoms with E-state index in [2.05, 4.69) is 21.2 Å². The average molecular weight is 517 g/mol. The second-order valence-electron chi connectivity index (χ2n) is 6.69. The molecule has 30 heavy (non-hydrogen) atoms. The maximum Gasteiger partial charge on any atom is 0.244 e. The summed E-state index contributed by atoms with van der Waals surface area (Å²) in [5, 5.41) is 2.98. The fraction of sp³-hybridized carbons (Fsp3) is 0.300. The number of nitrogens with zero attached hydrogens (tertiary/aromatic N) is 2. The monoisotopic (exact) mass is 515 g/mol. The zero-order valence-electron chi connectivity index (χ0n) is 16.8. The molecule has 10 heteroatoms. The van der Waals surface area contributed by atoms with Crippen molar-refractivity contribution in [3.05, 3.63) is 63.6 Å². The van der Waals surface area contributed by atoms with E-state index in [4.69, 9.17) is 11.6 Å². The van der Waals surface area contributed by atoms with Crippen LogP contribution in [0.5, 0.6) is 0 Å². The van der Waals surface area contributed by atoms with Crippen LogP contribution in [-0.4, -0.2) is 51.0 Å². The Morgan fingerprint density at radius 2 is 1.80 bits per heavy atom. The lowest BCUT2D eigenvalue weighted by Crippen LogP contribution is -2.50. The van der Waals surface area contributed by atoms with Gasteiger partial charge in [0.05, 0.1) is 11.9 Å². The summed E-state index contributed by atoms with van der Waals surface area (Å²) >= 11 is 9.28. The zero-order valence-corrected chi connectivity index (χ0v) is 20.0. The molecule has 7 nitrogen and oxygen atoms in total. The Labute approximate surface area is 190 Å². The number of halogens is 2. The molecule has 0 aliphatic carbocycles. The number of hydrogen-bond acceptors (Lipinski definition) is 4. The first-order valence-corrected chi connectivity index (χ1v) is 12.0. The van der Waals surface area contributed by atoms with Gasteiger partial charge < -0.3 is 10.2 Å². The Kier molecular flexibility index (Phi) is 8.28. The number of amides is 2. The van der Waals surface area contributed by atoms with E-state index in [1.54, 1.807) is 19.1 Å². The summed E-state index contributed by atoms with van der Waals surface area (Å²) in [6.07, 6.45) is 1.02. The van der Waals surface area contributed by atoms with Crippen molar-refractivity contribution in [3.63, 3.8) is 0 Å². The van der Waals surface area contributed by atoms with Gasteiger partial charge in [-0.1, -0.05) is 39.7 Å². The van der Waals surface area contributed by atoms with Crippen LogP contribution < -0.4 is 9.62 Å². The molecule has 2 aromatic rings. The highest BCUT2D eigenvalue weighted by Gasteiger charge is 2.29. The summed E-state index contributed by atoms with van der Waals surface area (Å²) < 4.78 is 26.6. The molecule has 0 spiro atoms. The predicted octanol–water partition coefficient (Wildman–Crippen LogP) is 3.03. The van der Waals surface area contributed by atoms with Crippen LogP contribution in [-0.2, 0) is 26.2 Å². The Morgan fingerprint density at radius 1 is 1.17 bits per heavy atom. The van der Waals surface area contributed by atoms with Gasteiger partial charge in [0.25, 0.3) is 0 Å². The van der Waals surface area contributed by atoms with Crippen molar-refractivity contribution in [2.75, 3.05) is 24.2 Å². The minimum atomic E-state index is -3.76. The summed E-state index contributed by atoms with van der Waals surface area (Å²) in [5.41, 5.74) is 1.11. The Hall–Kier alpha value is -2.10. The van der Waals surface area contributed by atoms with Gasteiger partial charge in [0.1, 0.15) is 12.6 Å². The van der Waals surface area contributed by atoms with E-state index in [9.17, 15) is 18.0 Å². The Bertz CT molecular complexity index is 1010. The van der Waals surface area contributed by atoms with Gasteiger partial charge in [0, 0.05) is 23.1 Å². The van der Waals surface area contributed by atoms with Gasteiger partial charge in [-0.05, 0) is 48.9 Å². The van der Waals surface area contributed by atoms with E-state index >= 15 is 0 Å². The normalized spacial score (nSPS) is 12.2. The van der Waals surface area contributed by atoms with Gasteiger partial charge in [-0.3, -0.25) is 13.9 Å². The molecule has 1 N–H and O–H groups in total. The number of hydrogen-bond donors (Lipinski definition) is 1. The number of benzene rings is 2. The third kappa shape index (κ3) is 6.45. The van der Waals surface area contributed by atoms with Crippen LogP contribution >= 0.6 is 27.5 Å². The van der Waals surface area contributed by atoms with Gasteiger partial charge in [0.2, 0.25) is 21.8 Å². The molecule has 0 saturated carbocycles. The highest BCUT2D eigenvalue weighted by molar-refractivity contribution is 9.10. The number of carbonyl (C=O) groups excluding carboxylic acids is 2. The van der Waals surface area contributed by atoms with Crippen molar-refractivity contribution in [1.82, 2.24) is 10.2 Å². The van der Waals surface area contributed by atoms with E-state index in [1.807, 2.05) is 24.3 Å². The van der Waals surface area contributed by atoms with Gasteiger partial charge in [-0.25, -0.2) is 8.42 Å². The van der Waals surface area contributed by atoms with E-state index in [0.717, 1.165) is 20.6 Å². The van der Waals surface area contributed by atoms with Crippen molar-refractivity contribution < 1.29 is 18.0 Å². The lowest BCUT2D eigenvalue weighted by atomic mass is 10.1. The number of anilines is 1. The van der Waals surface area contributed by atoms with Crippen molar-refractivity contribution >= 4 is 55.1 Å². The third-order valence-corrected chi connectivity index (χ3v) is 6.34. The number of likely N-dealkylation sites (N-methyl/N-ethyl adjacent to an activating group) is 1. The molecule has 1 atom stereocenters. The van der Waals surface area contributed by atoms with Crippen LogP contribution in [0, 0.1) is 0 Å². The number of rotatable bonds is 8. The molecule has 0 aliphatic rings. The quantitative estimate of drug-likeness (QED) is 0.584. The highest BCUT2D eigenvalue weighted by Crippen LogP contribution is 2.22. The Morgan fingerprint density at radius 3 is 2.33 bits per heavy atom. The van der Waals surface area contributed by atoms with Crippen molar-refractivity contribution in [3.8, 4) is 0 Å². The molecule has 2 aromatic carbocycles. The molecule has 0 unspecified atom stereocenters. The summed E-state index contributed by atoms with van der Waals surface area (Å²) in [6.45, 7) is 1.29. The standard InChI is InChI=1S/C20H23BrClN3O4S/c1-14(20(27)23-2)24(12-15-5-4-6-16(21)11-15)19(26)13-25(30(3,28)29)18-9-7-17(22)8-10-18/h4-11,14H,12-13H2,1-3H3,(H,23,27)/t14-/m0/s1. The van der Waals surface area contributed by atoms with Crippen LogP contribution in [0.4, 0.5) is 5.69 Å². The summed E-state index contributed by atoms with van der Waals surface area (Å²) in [4.78, 5) is 26.8. The molecule has 0 heterocycles. The smallest absolute Gasteiger partial charge is 0.244 e. The fourth-order valence-corrected chi connectivity index (χ4v) is 4.27. The van der Waals surface area contributed by atoms with Crippen molar-refractivity contribution in [2.45, 2.75) is 19.5 Å². The number of nitrogens with one attached hydrogen (secondary N) is 1. The largest absolute Gasteiger partial charge is 0.357 e. The van der Waals surface area contributed by atoms with Crippen LogP contribution in [0.2, 0.25) is 5.02 Å². The molecule has 0 aliphatic heterocycles. The van der Waals surface area contributed by atoms with Crippen LogP contribution in [0.1, 0.15) is 12.5 Å². The maximum atomic E-state index is 13.2. The predicted molar refractivity (Wildman–Crippen MR) is 122 cm³/mol. The van der Waals surface area contributed by atoms with Gasteiger partial charge >= 0.3 is 0 Å². The van der Waals surface area contributed by atoms with E-state index in [0.29, 0.717) is 10.7 Å². The van der Waals surface area contributed by atoms with E-state index in [-0.39, 0.29) is 12.5 Å². The zero-order chi connectivity index (χ0) is 22.5. The molecular formula is C20H23BrClN3O4S. The second-order valence-corrected chi connectivity index (χ2v) is 9.95. The topological polar surface area (TPSA) is 86.8 Å². The summed E-state index contributed by atoms with van der Waals surface area (Å²) in [6, 6.07) is 12.7. The highest BCUT2D eigenvalue weighted by atomic mass is 79.9. The van der Waals surface area contributed by atoms with Gasteiger partial charge in [0.15, 0.2) is 0 Å². The number of carbonyl (C=O) groups is 2. The first-order valence-electron chi connectivity index (χ1n) is 9.01. The lowest BCUT2D eigenvalue weighted by Gasteiger charge is -2.31. The molecule has 162 valence electrons. The molecular weight excluding hydrogens is 494 g/mol. The van der Waals surface area contributed by atoms with Crippen LogP contribution in [0.25, 0.3) is 0 Å². The minimum absolute atomic E-state index is 0.144. The first kappa shape index (κ1) is 24.2. The van der Waals surface area contributed by atoms with Gasteiger partial charge in [-0.2, -0.15) is 0 Å². The second kappa shape index (κ2) is 10.3. The van der Waals surface area contributed by atoms with Gasteiger partial charge in [-0.15, -0.1) is 0 Å². The third-order valence-electron chi connectivity index (χ3n) is 4.45. The Balaban J connectivity index is 2.36. The fourth-order valence-electron chi connectivity index (χ4n) is 2.84. The summed E-state index contributed by atoms with van der Waals surface area (Å²) in [7, 11) is -2.27. The minimum Gasteiger partial charge on any atom is -0.357 e.